The zero-order chi connectivity index (χ0) is 10.1. The standard InChI is InChI=1S/C13H27/c1-5-9-11-13(8-4)12(7-3)10-6-2/h12-13H,1,5-11H2,2-4H3. The molecular formula is C13H27. The highest BCUT2D eigenvalue weighted by molar-refractivity contribution is 4.68. The summed E-state index contributed by atoms with van der Waals surface area (Å²) in [7, 11) is 0. The van der Waals surface area contributed by atoms with Crippen molar-refractivity contribution in [1.82, 2.24) is 0 Å². The second-order valence-electron chi connectivity index (χ2n) is 4.12. The van der Waals surface area contributed by atoms with Crippen molar-refractivity contribution in [1.29, 1.82) is 0 Å². The molecule has 0 nitrogen and oxygen atoms in total. The Labute approximate surface area is 85.1 Å². The molecule has 0 amide bonds. The Balaban J connectivity index is 3.84. The van der Waals surface area contributed by atoms with Crippen LogP contribution in [0.25, 0.3) is 0 Å². The summed E-state index contributed by atoms with van der Waals surface area (Å²) in [6.07, 6.45) is 9.32. The number of hydrogen-bond donors (Lipinski definition) is 0. The summed E-state index contributed by atoms with van der Waals surface area (Å²) in [4.78, 5) is 0. The fourth-order valence-electron chi connectivity index (χ4n) is 2.32. The highest BCUT2D eigenvalue weighted by Gasteiger charge is 2.16. The Morgan fingerprint density at radius 3 is 1.85 bits per heavy atom. The van der Waals surface area contributed by atoms with Gasteiger partial charge in [-0.15, -0.1) is 0 Å². The minimum absolute atomic E-state index is 0.965. The van der Waals surface area contributed by atoms with Gasteiger partial charge in [0.15, 0.2) is 0 Å². The van der Waals surface area contributed by atoms with E-state index in [4.69, 9.17) is 0 Å². The molecule has 0 bridgehead atoms. The molecule has 0 aromatic carbocycles. The van der Waals surface area contributed by atoms with Crippen LogP contribution >= 0.6 is 0 Å². The Morgan fingerprint density at radius 1 is 0.923 bits per heavy atom. The lowest BCUT2D eigenvalue weighted by Gasteiger charge is -2.24. The van der Waals surface area contributed by atoms with Crippen molar-refractivity contribution in [2.75, 3.05) is 0 Å². The second-order valence-corrected chi connectivity index (χ2v) is 4.12. The normalized spacial score (nSPS) is 15.7. The van der Waals surface area contributed by atoms with Gasteiger partial charge in [-0.2, -0.15) is 0 Å². The molecule has 0 aliphatic heterocycles. The summed E-state index contributed by atoms with van der Waals surface area (Å²) < 4.78 is 0. The van der Waals surface area contributed by atoms with Crippen molar-refractivity contribution >= 4 is 0 Å². The van der Waals surface area contributed by atoms with E-state index < -0.39 is 0 Å². The van der Waals surface area contributed by atoms with E-state index >= 15 is 0 Å². The predicted octanol–water partition coefficient (Wildman–Crippen LogP) is 4.84. The van der Waals surface area contributed by atoms with Crippen LogP contribution in [-0.2, 0) is 0 Å². The first-order chi connectivity index (χ1) is 6.29. The zero-order valence-corrected chi connectivity index (χ0v) is 9.81. The molecule has 0 fully saturated rings. The summed E-state index contributed by atoms with van der Waals surface area (Å²) in [5.41, 5.74) is 0. The first-order valence-electron chi connectivity index (χ1n) is 6.09. The zero-order valence-electron chi connectivity index (χ0n) is 9.81. The third kappa shape index (κ3) is 5.33. The van der Waals surface area contributed by atoms with Gasteiger partial charge in [-0.1, -0.05) is 72.6 Å². The predicted molar refractivity (Wildman–Crippen MR) is 61.7 cm³/mol. The lowest BCUT2D eigenvalue weighted by atomic mass is 9.81. The van der Waals surface area contributed by atoms with Crippen LogP contribution in [0.3, 0.4) is 0 Å². The van der Waals surface area contributed by atoms with Crippen molar-refractivity contribution in [2.45, 2.75) is 65.7 Å². The maximum absolute atomic E-state index is 3.92. The molecule has 1 radical (unpaired) electrons. The topological polar surface area (TPSA) is 0 Å². The molecule has 0 heteroatoms. The van der Waals surface area contributed by atoms with Crippen LogP contribution in [0, 0.1) is 18.8 Å². The molecule has 0 rings (SSSR count). The Kier molecular flexibility index (Phi) is 8.59. The summed E-state index contributed by atoms with van der Waals surface area (Å²) in [5, 5.41) is 0. The first-order valence-corrected chi connectivity index (χ1v) is 6.09. The van der Waals surface area contributed by atoms with Gasteiger partial charge in [0.05, 0.1) is 0 Å². The van der Waals surface area contributed by atoms with Crippen molar-refractivity contribution in [2.24, 2.45) is 11.8 Å². The fourth-order valence-corrected chi connectivity index (χ4v) is 2.32. The highest BCUT2D eigenvalue weighted by Crippen LogP contribution is 2.28. The van der Waals surface area contributed by atoms with E-state index in [0.29, 0.717) is 0 Å². The Bertz CT molecular complexity index is 96.2. The lowest BCUT2D eigenvalue weighted by molar-refractivity contribution is 0.271. The van der Waals surface area contributed by atoms with Gasteiger partial charge in [-0.25, -0.2) is 0 Å². The monoisotopic (exact) mass is 183 g/mol. The third-order valence-corrected chi connectivity index (χ3v) is 3.20. The van der Waals surface area contributed by atoms with E-state index in [2.05, 4.69) is 27.7 Å². The van der Waals surface area contributed by atoms with E-state index in [1.807, 2.05) is 0 Å². The molecule has 2 unspecified atom stereocenters. The third-order valence-electron chi connectivity index (χ3n) is 3.20. The molecule has 0 aliphatic carbocycles. The number of unbranched alkanes of at least 4 members (excludes halogenated alkanes) is 1. The van der Waals surface area contributed by atoms with Crippen LogP contribution < -0.4 is 0 Å². The molecule has 79 valence electrons. The van der Waals surface area contributed by atoms with Gasteiger partial charge >= 0.3 is 0 Å². The molecule has 13 heavy (non-hydrogen) atoms. The summed E-state index contributed by atoms with van der Waals surface area (Å²) in [6, 6.07) is 0. The van der Waals surface area contributed by atoms with Crippen molar-refractivity contribution in [3.63, 3.8) is 0 Å². The van der Waals surface area contributed by atoms with Crippen LogP contribution in [-0.4, -0.2) is 0 Å². The molecule has 2 atom stereocenters. The van der Waals surface area contributed by atoms with Gasteiger partial charge in [0.1, 0.15) is 0 Å². The second kappa shape index (κ2) is 8.59. The van der Waals surface area contributed by atoms with E-state index in [1.54, 1.807) is 0 Å². The quantitative estimate of drug-likeness (QED) is 0.505. The van der Waals surface area contributed by atoms with Gasteiger partial charge in [0.2, 0.25) is 0 Å². The molecule has 0 aromatic rings. The van der Waals surface area contributed by atoms with Crippen LogP contribution in [0.1, 0.15) is 65.7 Å². The molecular weight excluding hydrogens is 156 g/mol. The minimum Gasteiger partial charge on any atom is -0.0654 e. The van der Waals surface area contributed by atoms with Crippen LogP contribution in [0.5, 0.6) is 0 Å². The van der Waals surface area contributed by atoms with E-state index in [-0.39, 0.29) is 0 Å². The Morgan fingerprint density at radius 2 is 1.46 bits per heavy atom. The molecule has 0 saturated heterocycles. The maximum atomic E-state index is 3.92. The van der Waals surface area contributed by atoms with Gasteiger partial charge in [-0.3, -0.25) is 0 Å². The molecule has 0 spiro atoms. The van der Waals surface area contributed by atoms with Crippen molar-refractivity contribution < 1.29 is 0 Å². The van der Waals surface area contributed by atoms with Crippen LogP contribution in [0.2, 0.25) is 0 Å². The van der Waals surface area contributed by atoms with Crippen molar-refractivity contribution in [3.05, 3.63) is 6.92 Å². The molecule has 0 aliphatic rings. The largest absolute Gasteiger partial charge is 0.0654 e. The SMILES string of the molecule is [CH2]CCCC(CC)C(CC)CCC. The van der Waals surface area contributed by atoms with Crippen LogP contribution in [0.4, 0.5) is 0 Å². The van der Waals surface area contributed by atoms with Gasteiger partial charge < -0.3 is 0 Å². The Hall–Kier alpha value is 0. The number of rotatable bonds is 8. The fraction of sp³-hybridized carbons (Fsp3) is 0.923. The van der Waals surface area contributed by atoms with Gasteiger partial charge in [0, 0.05) is 0 Å². The van der Waals surface area contributed by atoms with Crippen molar-refractivity contribution in [3.8, 4) is 0 Å². The van der Waals surface area contributed by atoms with Gasteiger partial charge in [0.25, 0.3) is 0 Å². The van der Waals surface area contributed by atoms with Crippen LogP contribution in [0.15, 0.2) is 0 Å². The summed E-state index contributed by atoms with van der Waals surface area (Å²) in [6.45, 7) is 10.9. The molecule has 0 N–H and O–H groups in total. The lowest BCUT2D eigenvalue weighted by Crippen LogP contribution is -2.13. The summed E-state index contributed by atoms with van der Waals surface area (Å²) in [5.74, 6) is 1.94. The minimum atomic E-state index is 0.965. The summed E-state index contributed by atoms with van der Waals surface area (Å²) >= 11 is 0. The number of hydrogen-bond acceptors (Lipinski definition) is 0. The average Bonchev–Trinajstić information content (AvgIpc) is 2.17. The highest BCUT2D eigenvalue weighted by atomic mass is 14.2. The van der Waals surface area contributed by atoms with E-state index in [0.717, 1.165) is 18.3 Å². The van der Waals surface area contributed by atoms with E-state index in [1.165, 1.54) is 38.5 Å². The molecule has 0 heterocycles. The maximum Gasteiger partial charge on any atom is -0.0389 e. The first kappa shape index (κ1) is 13.0. The average molecular weight is 183 g/mol. The van der Waals surface area contributed by atoms with E-state index in [9.17, 15) is 0 Å². The smallest absolute Gasteiger partial charge is 0.0389 e. The molecule has 0 saturated carbocycles. The van der Waals surface area contributed by atoms with Gasteiger partial charge in [-0.05, 0) is 11.8 Å². The molecule has 0 aromatic heterocycles.